The van der Waals surface area contributed by atoms with Crippen LogP contribution in [0.25, 0.3) is 11.4 Å². The van der Waals surface area contributed by atoms with Crippen molar-refractivity contribution in [3.63, 3.8) is 0 Å². The van der Waals surface area contributed by atoms with Gasteiger partial charge < -0.3 is 4.74 Å². The van der Waals surface area contributed by atoms with E-state index < -0.39 is 0 Å². The summed E-state index contributed by atoms with van der Waals surface area (Å²) in [5.74, 6) is 1.71. The number of ether oxygens (including phenoxy) is 1. The first kappa shape index (κ1) is 17.0. The van der Waals surface area contributed by atoms with Crippen LogP contribution in [-0.4, -0.2) is 33.3 Å². The minimum Gasteiger partial charge on any atom is -0.497 e. The molecule has 3 aromatic rings. The van der Waals surface area contributed by atoms with Gasteiger partial charge in [-0.1, -0.05) is 42.5 Å². The summed E-state index contributed by atoms with van der Waals surface area (Å²) in [6.07, 6.45) is 2.34. The van der Waals surface area contributed by atoms with E-state index >= 15 is 0 Å². The lowest BCUT2D eigenvalue weighted by Gasteiger charge is -2.25. The van der Waals surface area contributed by atoms with Gasteiger partial charge in [0.05, 0.1) is 13.8 Å². The molecule has 1 aliphatic rings. The number of aromatic amines is 1. The number of hydrogen-bond donors (Lipinski definition) is 1. The predicted octanol–water partition coefficient (Wildman–Crippen LogP) is 4.41. The number of rotatable bonds is 5. The van der Waals surface area contributed by atoms with Crippen LogP contribution >= 0.6 is 12.2 Å². The molecule has 2 heterocycles. The fraction of sp³-hybridized carbons (Fsp3) is 0.300. The van der Waals surface area contributed by atoms with Crippen LogP contribution in [0.5, 0.6) is 5.75 Å². The van der Waals surface area contributed by atoms with E-state index in [1.807, 2.05) is 47.1 Å². The summed E-state index contributed by atoms with van der Waals surface area (Å²) in [5.41, 5.74) is 2.36. The van der Waals surface area contributed by atoms with E-state index in [0.29, 0.717) is 10.8 Å². The largest absolute Gasteiger partial charge is 0.497 e. The molecule has 134 valence electrons. The molecule has 1 aliphatic heterocycles. The summed E-state index contributed by atoms with van der Waals surface area (Å²) in [6, 6.07) is 18.8. The minimum absolute atomic E-state index is 0.395. The highest BCUT2D eigenvalue weighted by Crippen LogP contribution is 2.33. The summed E-state index contributed by atoms with van der Waals surface area (Å²) >= 11 is 5.47. The van der Waals surface area contributed by atoms with Crippen LogP contribution in [0, 0.1) is 4.77 Å². The van der Waals surface area contributed by atoms with Crippen LogP contribution in [0.1, 0.15) is 24.4 Å². The highest BCUT2D eigenvalue weighted by molar-refractivity contribution is 7.71. The zero-order chi connectivity index (χ0) is 17.9. The fourth-order valence-electron chi connectivity index (χ4n) is 3.56. The molecule has 0 saturated carbocycles. The third-order valence-corrected chi connectivity index (χ3v) is 5.23. The quantitative estimate of drug-likeness (QED) is 0.680. The lowest BCUT2D eigenvalue weighted by Crippen LogP contribution is -2.26. The van der Waals surface area contributed by atoms with Crippen LogP contribution in [-0.2, 0) is 6.67 Å². The maximum absolute atomic E-state index is 5.47. The van der Waals surface area contributed by atoms with E-state index in [4.69, 9.17) is 17.0 Å². The highest BCUT2D eigenvalue weighted by atomic mass is 32.1. The Balaban J connectivity index is 1.54. The molecule has 6 heteroatoms. The zero-order valence-corrected chi connectivity index (χ0v) is 15.6. The fourth-order valence-corrected chi connectivity index (χ4v) is 3.75. The molecule has 0 bridgehead atoms. The molecule has 0 spiro atoms. The molecule has 4 rings (SSSR count). The molecule has 0 aliphatic carbocycles. The maximum atomic E-state index is 5.47. The topological polar surface area (TPSA) is 46.1 Å². The SMILES string of the molecule is COc1ccc([C@H]2CCCN2Cn2[nH]c(-c3ccccc3)nc2=S)cc1. The van der Waals surface area contributed by atoms with Gasteiger partial charge in [0.15, 0.2) is 5.82 Å². The Labute approximate surface area is 158 Å². The van der Waals surface area contributed by atoms with Gasteiger partial charge in [-0.25, -0.2) is 4.68 Å². The van der Waals surface area contributed by atoms with E-state index in [2.05, 4.69) is 27.1 Å². The maximum Gasteiger partial charge on any atom is 0.217 e. The van der Waals surface area contributed by atoms with Crippen molar-refractivity contribution < 1.29 is 4.74 Å². The van der Waals surface area contributed by atoms with Gasteiger partial charge in [0.1, 0.15) is 5.75 Å². The molecule has 1 fully saturated rings. The number of benzene rings is 2. The number of nitrogens with one attached hydrogen (secondary N) is 1. The Bertz CT molecular complexity index is 917. The van der Waals surface area contributed by atoms with Crippen molar-refractivity contribution in [2.45, 2.75) is 25.6 Å². The first-order chi connectivity index (χ1) is 12.7. The zero-order valence-electron chi connectivity index (χ0n) is 14.8. The molecular formula is C20H22N4OS. The molecule has 26 heavy (non-hydrogen) atoms. The third kappa shape index (κ3) is 3.43. The molecule has 1 aromatic heterocycles. The van der Waals surface area contributed by atoms with E-state index in [1.54, 1.807) is 7.11 Å². The molecule has 1 atom stereocenters. The second-order valence-corrected chi connectivity index (χ2v) is 6.90. The monoisotopic (exact) mass is 366 g/mol. The number of H-pyrrole nitrogens is 1. The van der Waals surface area contributed by atoms with Crippen molar-refractivity contribution >= 4 is 12.2 Å². The number of methoxy groups -OCH3 is 1. The smallest absolute Gasteiger partial charge is 0.217 e. The van der Waals surface area contributed by atoms with Crippen LogP contribution in [0.4, 0.5) is 0 Å². The van der Waals surface area contributed by atoms with Crippen molar-refractivity contribution in [1.29, 1.82) is 0 Å². The molecule has 5 nitrogen and oxygen atoms in total. The minimum atomic E-state index is 0.395. The Morgan fingerprint density at radius 3 is 2.65 bits per heavy atom. The van der Waals surface area contributed by atoms with Crippen LogP contribution in [0.15, 0.2) is 54.6 Å². The van der Waals surface area contributed by atoms with Crippen LogP contribution < -0.4 is 4.74 Å². The summed E-state index contributed by atoms with van der Waals surface area (Å²) in [5, 5.41) is 3.35. The van der Waals surface area contributed by atoms with E-state index in [1.165, 1.54) is 12.0 Å². The van der Waals surface area contributed by atoms with Crippen molar-refractivity contribution in [2.75, 3.05) is 13.7 Å². The molecular weight excluding hydrogens is 344 g/mol. The van der Waals surface area contributed by atoms with Crippen molar-refractivity contribution in [3.8, 4) is 17.1 Å². The molecule has 0 radical (unpaired) electrons. The number of likely N-dealkylation sites (tertiary alicyclic amines) is 1. The second kappa shape index (κ2) is 7.43. The highest BCUT2D eigenvalue weighted by Gasteiger charge is 2.26. The number of hydrogen-bond acceptors (Lipinski definition) is 4. The van der Waals surface area contributed by atoms with Gasteiger partial charge >= 0.3 is 0 Å². The van der Waals surface area contributed by atoms with Gasteiger partial charge in [-0.2, -0.15) is 4.98 Å². The summed E-state index contributed by atoms with van der Waals surface area (Å²) in [7, 11) is 1.70. The average Bonchev–Trinajstić information content (AvgIpc) is 3.30. The van der Waals surface area contributed by atoms with Crippen molar-refractivity contribution in [3.05, 3.63) is 64.9 Å². The molecule has 1 saturated heterocycles. The first-order valence-corrected chi connectivity index (χ1v) is 9.26. The summed E-state index contributed by atoms with van der Waals surface area (Å²) in [6.45, 7) is 1.77. The van der Waals surface area contributed by atoms with Gasteiger partial charge in [0.2, 0.25) is 4.77 Å². The van der Waals surface area contributed by atoms with Gasteiger partial charge in [-0.3, -0.25) is 10.00 Å². The Hall–Kier alpha value is -2.44. The van der Waals surface area contributed by atoms with Gasteiger partial charge in [-0.15, -0.1) is 0 Å². The lowest BCUT2D eigenvalue weighted by molar-refractivity contribution is 0.190. The normalized spacial score (nSPS) is 17.5. The average molecular weight is 366 g/mol. The van der Waals surface area contributed by atoms with Crippen LogP contribution in [0.2, 0.25) is 0 Å². The van der Waals surface area contributed by atoms with Crippen molar-refractivity contribution in [2.24, 2.45) is 0 Å². The predicted molar refractivity (Wildman–Crippen MR) is 105 cm³/mol. The third-order valence-electron chi connectivity index (χ3n) is 4.91. The molecule has 0 unspecified atom stereocenters. The lowest BCUT2D eigenvalue weighted by atomic mass is 10.0. The summed E-state index contributed by atoms with van der Waals surface area (Å²) < 4.78 is 7.82. The first-order valence-electron chi connectivity index (χ1n) is 8.85. The Kier molecular flexibility index (Phi) is 4.86. The van der Waals surface area contributed by atoms with E-state index in [0.717, 1.165) is 36.8 Å². The molecule has 1 N–H and O–H groups in total. The van der Waals surface area contributed by atoms with E-state index in [9.17, 15) is 0 Å². The summed E-state index contributed by atoms with van der Waals surface area (Å²) in [4.78, 5) is 6.97. The number of nitrogens with zero attached hydrogens (tertiary/aromatic N) is 3. The van der Waals surface area contributed by atoms with E-state index in [-0.39, 0.29) is 0 Å². The number of aromatic nitrogens is 3. The second-order valence-electron chi connectivity index (χ2n) is 6.53. The molecule has 2 aromatic carbocycles. The van der Waals surface area contributed by atoms with Gasteiger partial charge in [0.25, 0.3) is 0 Å². The van der Waals surface area contributed by atoms with Gasteiger partial charge in [-0.05, 0) is 42.8 Å². The van der Waals surface area contributed by atoms with Crippen LogP contribution in [0.3, 0.4) is 0 Å². The van der Waals surface area contributed by atoms with Crippen molar-refractivity contribution in [1.82, 2.24) is 19.7 Å². The standard InChI is InChI=1S/C20H22N4OS/c1-25-17-11-9-15(10-12-17)18-8-5-13-23(18)14-24-20(26)21-19(22-24)16-6-3-2-4-7-16/h2-4,6-7,9-12,18H,5,8,13-14H2,1H3,(H,21,22,26)/t18-/m1/s1. The Morgan fingerprint density at radius 1 is 1.15 bits per heavy atom. The van der Waals surface area contributed by atoms with Gasteiger partial charge in [0, 0.05) is 18.2 Å². The Morgan fingerprint density at radius 2 is 1.92 bits per heavy atom. The molecule has 0 amide bonds.